The van der Waals surface area contributed by atoms with Crippen molar-refractivity contribution in [2.75, 3.05) is 12.4 Å². The summed E-state index contributed by atoms with van der Waals surface area (Å²) in [5.41, 5.74) is 0.0269. The van der Waals surface area contributed by atoms with Gasteiger partial charge in [-0.15, -0.1) is 0 Å². The van der Waals surface area contributed by atoms with Crippen molar-refractivity contribution in [1.29, 1.82) is 5.26 Å². The van der Waals surface area contributed by atoms with Gasteiger partial charge in [-0.3, -0.25) is 4.57 Å². The average Bonchev–Trinajstić information content (AvgIpc) is 3.17. The Morgan fingerprint density at radius 2 is 1.76 bits per heavy atom. The summed E-state index contributed by atoms with van der Waals surface area (Å²) in [7, 11) is 1.64. The van der Waals surface area contributed by atoms with Crippen molar-refractivity contribution in [2.45, 2.75) is 6.54 Å². The number of ether oxygens (including phenoxy) is 1. The van der Waals surface area contributed by atoms with E-state index in [1.165, 1.54) is 30.3 Å². The van der Waals surface area contributed by atoms with E-state index in [9.17, 15) is 18.0 Å². The monoisotopic (exact) mass is 451 g/mol. The van der Waals surface area contributed by atoms with Gasteiger partial charge in [-0.05, 0) is 42.5 Å². The summed E-state index contributed by atoms with van der Waals surface area (Å²) in [4.78, 5) is 12.7. The fourth-order valence-corrected chi connectivity index (χ4v) is 3.18. The van der Waals surface area contributed by atoms with Crippen LogP contribution < -0.4 is 15.7 Å². The Balaban J connectivity index is 1.61. The van der Waals surface area contributed by atoms with Gasteiger partial charge in [-0.2, -0.15) is 15.0 Å². The maximum absolute atomic E-state index is 14.7. The van der Waals surface area contributed by atoms with Gasteiger partial charge in [-0.1, -0.05) is 6.07 Å². The van der Waals surface area contributed by atoms with Gasteiger partial charge in [0.2, 0.25) is 0 Å². The molecule has 1 N–H and O–H groups in total. The van der Waals surface area contributed by atoms with E-state index in [0.717, 1.165) is 33.8 Å². The largest absolute Gasteiger partial charge is 0.452 e. The quantitative estimate of drug-likeness (QED) is 0.475. The summed E-state index contributed by atoms with van der Waals surface area (Å²) in [6.07, 6.45) is 1.12. The number of hydrogen-bond donors (Lipinski definition) is 1. The number of nitrogens with zero attached hydrogens (tertiary/aromatic N) is 4. The molecular weight excluding hydrogens is 435 g/mol. The lowest BCUT2D eigenvalue weighted by molar-refractivity contribution is 0.443. The summed E-state index contributed by atoms with van der Waals surface area (Å²) in [6, 6.07) is 13.8. The predicted octanol–water partition coefficient (Wildman–Crippen LogP) is 4.21. The minimum absolute atomic E-state index is 0.103. The van der Waals surface area contributed by atoms with Gasteiger partial charge in [0.25, 0.3) is 0 Å². The third-order valence-electron chi connectivity index (χ3n) is 4.88. The van der Waals surface area contributed by atoms with Crippen LogP contribution in [0, 0.1) is 28.8 Å². The van der Waals surface area contributed by atoms with E-state index < -0.39 is 23.1 Å². The first-order valence-corrected chi connectivity index (χ1v) is 9.68. The number of nitrogens with one attached hydrogen (secondary N) is 1. The zero-order valence-electron chi connectivity index (χ0n) is 17.2. The van der Waals surface area contributed by atoms with Gasteiger partial charge in [0.15, 0.2) is 17.3 Å². The van der Waals surface area contributed by atoms with Crippen molar-refractivity contribution in [3.63, 3.8) is 0 Å². The van der Waals surface area contributed by atoms with Crippen LogP contribution in [0.2, 0.25) is 0 Å². The van der Waals surface area contributed by atoms with Crippen molar-refractivity contribution in [3.8, 4) is 23.3 Å². The lowest BCUT2D eigenvalue weighted by atomic mass is 10.2. The third kappa shape index (κ3) is 4.29. The molecule has 4 aromatic rings. The maximum atomic E-state index is 14.7. The summed E-state index contributed by atoms with van der Waals surface area (Å²) < 4.78 is 50.1. The molecule has 166 valence electrons. The number of nitriles is 1. The van der Waals surface area contributed by atoms with Gasteiger partial charge in [0.1, 0.15) is 18.0 Å². The van der Waals surface area contributed by atoms with E-state index in [-0.39, 0.29) is 23.5 Å². The van der Waals surface area contributed by atoms with Gasteiger partial charge < -0.3 is 10.1 Å². The molecule has 1 aromatic heterocycles. The number of hydrogen-bond acceptors (Lipinski definition) is 5. The SMILES string of the molecule is CNc1cc(C#N)ccc1Oc1ccc(-n2ncn(Cc3c(F)cccc3F)c2=O)cc1F. The Bertz CT molecular complexity index is 1420. The molecule has 7 nitrogen and oxygen atoms in total. The van der Waals surface area contributed by atoms with Crippen LogP contribution in [-0.4, -0.2) is 21.4 Å². The molecule has 0 fully saturated rings. The van der Waals surface area contributed by atoms with Crippen LogP contribution in [0.4, 0.5) is 18.9 Å². The fraction of sp³-hybridized carbons (Fsp3) is 0.0870. The molecule has 33 heavy (non-hydrogen) atoms. The lowest BCUT2D eigenvalue weighted by Gasteiger charge is -2.12. The predicted molar refractivity (Wildman–Crippen MR) is 114 cm³/mol. The first-order valence-electron chi connectivity index (χ1n) is 9.68. The molecule has 0 aliphatic rings. The molecule has 0 atom stereocenters. The molecule has 0 unspecified atom stereocenters. The van der Waals surface area contributed by atoms with Gasteiger partial charge in [0.05, 0.1) is 29.6 Å². The topological polar surface area (TPSA) is 84.9 Å². The third-order valence-corrected chi connectivity index (χ3v) is 4.88. The number of rotatable bonds is 6. The Morgan fingerprint density at radius 3 is 2.42 bits per heavy atom. The van der Waals surface area contributed by atoms with Crippen LogP contribution in [-0.2, 0) is 6.54 Å². The molecule has 0 bridgehead atoms. The highest BCUT2D eigenvalue weighted by Crippen LogP contribution is 2.32. The second-order valence-electron chi connectivity index (χ2n) is 6.94. The summed E-state index contributed by atoms with van der Waals surface area (Å²) in [6.45, 7) is -0.369. The van der Waals surface area contributed by atoms with Crippen LogP contribution in [0.25, 0.3) is 5.69 Å². The highest BCUT2D eigenvalue weighted by molar-refractivity contribution is 5.61. The molecule has 0 aliphatic carbocycles. The molecule has 0 spiro atoms. The molecule has 4 rings (SSSR count). The Hall–Kier alpha value is -4.52. The van der Waals surface area contributed by atoms with E-state index in [1.54, 1.807) is 13.1 Å². The Labute approximate surface area is 185 Å². The van der Waals surface area contributed by atoms with Crippen LogP contribution >= 0.6 is 0 Å². The van der Waals surface area contributed by atoms with Crippen molar-refractivity contribution in [2.24, 2.45) is 0 Å². The van der Waals surface area contributed by atoms with E-state index in [0.29, 0.717) is 17.0 Å². The molecule has 10 heteroatoms. The smallest absolute Gasteiger partial charge is 0.350 e. The second kappa shape index (κ2) is 8.92. The maximum Gasteiger partial charge on any atom is 0.350 e. The lowest BCUT2D eigenvalue weighted by Crippen LogP contribution is -2.24. The molecule has 0 radical (unpaired) electrons. The van der Waals surface area contributed by atoms with Crippen molar-refractivity contribution in [1.82, 2.24) is 14.3 Å². The van der Waals surface area contributed by atoms with Crippen molar-refractivity contribution < 1.29 is 17.9 Å². The van der Waals surface area contributed by atoms with E-state index >= 15 is 0 Å². The van der Waals surface area contributed by atoms with E-state index in [2.05, 4.69) is 10.4 Å². The van der Waals surface area contributed by atoms with Crippen LogP contribution in [0.3, 0.4) is 0 Å². The Morgan fingerprint density at radius 1 is 1.03 bits per heavy atom. The first-order chi connectivity index (χ1) is 15.9. The van der Waals surface area contributed by atoms with Crippen molar-refractivity contribution in [3.05, 3.63) is 100.0 Å². The zero-order chi connectivity index (χ0) is 23.5. The average molecular weight is 451 g/mol. The molecule has 3 aromatic carbocycles. The number of aromatic nitrogens is 3. The molecule has 0 amide bonds. The molecule has 0 saturated heterocycles. The summed E-state index contributed by atoms with van der Waals surface area (Å²) in [5.74, 6) is -2.14. The standard InChI is InChI=1S/C23H16F3N5O2/c1-28-20-9-14(11-27)5-7-22(20)33-21-8-6-15(10-19(21)26)31-23(32)30(13-29-31)12-16-17(24)3-2-4-18(16)25/h2-10,13,28H,12H2,1H3. The summed E-state index contributed by atoms with van der Waals surface area (Å²) in [5, 5.41) is 15.8. The molecule has 0 saturated carbocycles. The molecular formula is C23H16F3N5O2. The number of benzene rings is 3. The highest BCUT2D eigenvalue weighted by atomic mass is 19.1. The minimum Gasteiger partial charge on any atom is -0.452 e. The molecule has 0 aliphatic heterocycles. The van der Waals surface area contributed by atoms with Crippen molar-refractivity contribution >= 4 is 5.69 Å². The number of halogens is 3. The van der Waals surface area contributed by atoms with Gasteiger partial charge in [-0.25, -0.2) is 18.0 Å². The van der Waals surface area contributed by atoms with Crippen LogP contribution in [0.15, 0.2) is 65.7 Å². The zero-order valence-corrected chi connectivity index (χ0v) is 17.2. The normalized spacial score (nSPS) is 10.6. The van der Waals surface area contributed by atoms with Gasteiger partial charge in [0, 0.05) is 18.7 Å². The number of anilines is 1. The molecule has 1 heterocycles. The van der Waals surface area contributed by atoms with E-state index in [1.807, 2.05) is 6.07 Å². The van der Waals surface area contributed by atoms with E-state index in [4.69, 9.17) is 10.00 Å². The van der Waals surface area contributed by atoms with Crippen LogP contribution in [0.5, 0.6) is 11.5 Å². The Kier molecular flexibility index (Phi) is 5.87. The highest BCUT2D eigenvalue weighted by Gasteiger charge is 2.15. The van der Waals surface area contributed by atoms with Crippen LogP contribution in [0.1, 0.15) is 11.1 Å². The van der Waals surface area contributed by atoms with Gasteiger partial charge >= 0.3 is 5.69 Å². The second-order valence-corrected chi connectivity index (χ2v) is 6.94. The minimum atomic E-state index is -0.786. The first kappa shape index (κ1) is 21.7. The summed E-state index contributed by atoms with van der Waals surface area (Å²) >= 11 is 0. The fourth-order valence-electron chi connectivity index (χ4n) is 3.18.